The predicted molar refractivity (Wildman–Crippen MR) is 139 cm³/mol. The molecular weight excluding hydrogens is 376 g/mol. The molecule has 2 aromatic carbocycles. The molecule has 2 nitrogen and oxygen atoms in total. The molecule has 0 spiro atoms. The van der Waals surface area contributed by atoms with Crippen LogP contribution in [0.25, 0.3) is 0 Å². The molecule has 0 bridgehead atoms. The topological polar surface area (TPSA) is 6.48 Å². The summed E-state index contributed by atoms with van der Waals surface area (Å²) in [5.74, 6) is 1.52. The lowest BCUT2D eigenvalue weighted by Crippen LogP contribution is -2.31. The molecular formula is C29H48N2. The van der Waals surface area contributed by atoms with Gasteiger partial charge in [0.25, 0.3) is 0 Å². The minimum Gasteiger partial charge on any atom is -0.306 e. The maximum atomic E-state index is 2.45. The zero-order valence-corrected chi connectivity index (χ0v) is 21.4. The first-order valence-electron chi connectivity index (χ1n) is 12.6. The van der Waals surface area contributed by atoms with E-state index in [1.807, 2.05) is 27.7 Å². The summed E-state index contributed by atoms with van der Waals surface area (Å²) in [6.07, 6.45) is 5.40. The molecule has 2 aromatic rings. The van der Waals surface area contributed by atoms with Crippen molar-refractivity contribution in [2.45, 2.75) is 72.1 Å². The summed E-state index contributed by atoms with van der Waals surface area (Å²) in [4.78, 5) is 4.88. The summed E-state index contributed by atoms with van der Waals surface area (Å²) in [6.45, 7) is 15.2. The summed E-state index contributed by atoms with van der Waals surface area (Å²) in [6, 6.07) is 19.7. The Bertz CT molecular complexity index is 682. The molecule has 2 atom stereocenters. The minimum absolute atomic E-state index is 0.759. The highest BCUT2D eigenvalue weighted by molar-refractivity contribution is 5.29. The fourth-order valence-electron chi connectivity index (χ4n) is 4.63. The summed E-state index contributed by atoms with van der Waals surface area (Å²) in [5, 5.41) is 0. The van der Waals surface area contributed by atoms with Gasteiger partial charge in [0.15, 0.2) is 0 Å². The van der Waals surface area contributed by atoms with E-state index in [1.165, 1.54) is 63.0 Å². The molecule has 0 aliphatic carbocycles. The number of likely N-dealkylation sites (N-methyl/N-ethyl adjacent to an activating group) is 2. The van der Waals surface area contributed by atoms with Crippen molar-refractivity contribution in [1.82, 2.24) is 9.80 Å². The van der Waals surface area contributed by atoms with Gasteiger partial charge in [0, 0.05) is 13.1 Å². The molecule has 0 aromatic heterocycles. The molecule has 2 heteroatoms. The Hall–Kier alpha value is -1.64. The van der Waals surface area contributed by atoms with E-state index in [4.69, 9.17) is 0 Å². The van der Waals surface area contributed by atoms with Crippen molar-refractivity contribution in [3.05, 3.63) is 71.3 Å². The zero-order chi connectivity index (χ0) is 23.1. The van der Waals surface area contributed by atoms with Crippen LogP contribution in [0.15, 0.2) is 54.6 Å². The van der Waals surface area contributed by atoms with Gasteiger partial charge in [0.2, 0.25) is 0 Å². The fourth-order valence-corrected chi connectivity index (χ4v) is 4.63. The third-order valence-electron chi connectivity index (χ3n) is 6.15. The van der Waals surface area contributed by atoms with Gasteiger partial charge >= 0.3 is 0 Å². The molecule has 31 heavy (non-hydrogen) atoms. The third-order valence-corrected chi connectivity index (χ3v) is 6.15. The standard InChI is InChI=1S/C13H19N.C12H17N.2C2H6/c1-11-6-3-4-8-13(11)12-7-5-9-14(2)10-12;1-13-9-5-8-12(10-13)11-6-3-2-4-7-11;2*1-2/h3-4,6,8,12H,5,7,9-10H2,1-2H3;2-4,6-7,12H,5,8-10H2,1H3;2*1-2H3. The Morgan fingerprint density at radius 3 is 1.68 bits per heavy atom. The van der Waals surface area contributed by atoms with E-state index in [0.717, 1.165) is 11.8 Å². The lowest BCUT2D eigenvalue weighted by molar-refractivity contribution is 0.250. The van der Waals surface area contributed by atoms with Crippen LogP contribution in [0.2, 0.25) is 0 Å². The van der Waals surface area contributed by atoms with Crippen molar-refractivity contribution in [3.8, 4) is 0 Å². The van der Waals surface area contributed by atoms with Gasteiger partial charge in [-0.15, -0.1) is 0 Å². The fraction of sp³-hybridized carbons (Fsp3) is 0.586. The van der Waals surface area contributed by atoms with Crippen LogP contribution < -0.4 is 0 Å². The number of hydrogen-bond acceptors (Lipinski definition) is 2. The average molecular weight is 425 g/mol. The van der Waals surface area contributed by atoms with Gasteiger partial charge in [0.1, 0.15) is 0 Å². The van der Waals surface area contributed by atoms with Crippen molar-refractivity contribution in [2.24, 2.45) is 0 Å². The molecule has 4 rings (SSSR count). The van der Waals surface area contributed by atoms with Crippen molar-refractivity contribution < 1.29 is 0 Å². The first-order valence-corrected chi connectivity index (χ1v) is 12.6. The molecule has 2 aliphatic heterocycles. The lowest BCUT2D eigenvalue weighted by atomic mass is 9.88. The second-order valence-electron chi connectivity index (χ2n) is 8.47. The Morgan fingerprint density at radius 1 is 0.645 bits per heavy atom. The van der Waals surface area contributed by atoms with Gasteiger partial charge in [-0.25, -0.2) is 0 Å². The monoisotopic (exact) mass is 424 g/mol. The molecule has 2 heterocycles. The van der Waals surface area contributed by atoms with Crippen molar-refractivity contribution in [2.75, 3.05) is 40.3 Å². The summed E-state index contributed by atoms with van der Waals surface area (Å²) < 4.78 is 0. The van der Waals surface area contributed by atoms with E-state index in [0.29, 0.717) is 0 Å². The SMILES string of the molecule is CC.CC.CN1CCCC(c2ccccc2)C1.Cc1ccccc1C1CCCN(C)C1. The highest BCUT2D eigenvalue weighted by Crippen LogP contribution is 2.28. The van der Waals surface area contributed by atoms with Crippen LogP contribution >= 0.6 is 0 Å². The van der Waals surface area contributed by atoms with Crippen LogP contribution in [0, 0.1) is 6.92 Å². The third kappa shape index (κ3) is 9.58. The van der Waals surface area contributed by atoms with E-state index in [9.17, 15) is 0 Å². The Morgan fingerprint density at radius 2 is 1.13 bits per heavy atom. The first-order chi connectivity index (χ1) is 15.1. The van der Waals surface area contributed by atoms with Crippen LogP contribution in [0.4, 0.5) is 0 Å². The van der Waals surface area contributed by atoms with Crippen molar-refractivity contribution in [3.63, 3.8) is 0 Å². The molecule has 0 saturated carbocycles. The zero-order valence-electron chi connectivity index (χ0n) is 21.4. The summed E-state index contributed by atoms with van der Waals surface area (Å²) in [7, 11) is 4.44. The van der Waals surface area contributed by atoms with E-state index in [1.54, 1.807) is 5.56 Å². The molecule has 0 N–H and O–H groups in total. The molecule has 174 valence electrons. The number of rotatable bonds is 2. The van der Waals surface area contributed by atoms with Crippen molar-refractivity contribution in [1.29, 1.82) is 0 Å². The van der Waals surface area contributed by atoms with Gasteiger partial charge in [0.05, 0.1) is 0 Å². The van der Waals surface area contributed by atoms with E-state index in [2.05, 4.69) is 85.4 Å². The van der Waals surface area contributed by atoms with Gasteiger partial charge in [-0.05, 0) is 88.3 Å². The average Bonchev–Trinajstić information content (AvgIpc) is 2.83. The van der Waals surface area contributed by atoms with Gasteiger partial charge in [-0.3, -0.25) is 0 Å². The van der Waals surface area contributed by atoms with Crippen LogP contribution in [0.1, 0.15) is 81.9 Å². The second-order valence-corrected chi connectivity index (χ2v) is 8.47. The maximum Gasteiger partial charge on any atom is 0.00473 e. The van der Waals surface area contributed by atoms with Gasteiger partial charge < -0.3 is 9.80 Å². The maximum absolute atomic E-state index is 2.45. The van der Waals surface area contributed by atoms with E-state index in [-0.39, 0.29) is 0 Å². The van der Waals surface area contributed by atoms with Crippen LogP contribution in [-0.2, 0) is 0 Å². The van der Waals surface area contributed by atoms with E-state index < -0.39 is 0 Å². The summed E-state index contributed by atoms with van der Waals surface area (Å²) in [5.41, 5.74) is 4.51. The van der Waals surface area contributed by atoms with Crippen molar-refractivity contribution >= 4 is 0 Å². The highest BCUT2D eigenvalue weighted by atomic mass is 15.1. The quantitative estimate of drug-likeness (QED) is 0.497. The number of nitrogens with zero attached hydrogens (tertiary/aromatic N) is 2. The first kappa shape index (κ1) is 27.4. The number of hydrogen-bond donors (Lipinski definition) is 0. The number of piperidine rings is 2. The van der Waals surface area contributed by atoms with Gasteiger partial charge in [-0.1, -0.05) is 82.3 Å². The van der Waals surface area contributed by atoms with Gasteiger partial charge in [-0.2, -0.15) is 0 Å². The molecule has 2 fully saturated rings. The number of aryl methyl sites for hydroxylation is 1. The smallest absolute Gasteiger partial charge is 0.00473 e. The second kappa shape index (κ2) is 16.1. The summed E-state index contributed by atoms with van der Waals surface area (Å²) >= 11 is 0. The molecule has 2 saturated heterocycles. The molecule has 0 radical (unpaired) electrons. The molecule has 0 amide bonds. The van der Waals surface area contributed by atoms with E-state index >= 15 is 0 Å². The normalized spacial score (nSPS) is 21.4. The largest absolute Gasteiger partial charge is 0.306 e. The Kier molecular flexibility index (Phi) is 14.2. The Labute approximate surface area is 193 Å². The predicted octanol–water partition coefficient (Wildman–Crippen LogP) is 7.35. The minimum atomic E-state index is 0.759. The van der Waals surface area contributed by atoms with Crippen LogP contribution in [-0.4, -0.2) is 50.1 Å². The molecule has 2 unspecified atom stereocenters. The highest BCUT2D eigenvalue weighted by Gasteiger charge is 2.19. The molecule has 2 aliphatic rings. The Balaban J connectivity index is 0.000000268. The van der Waals surface area contributed by atoms with Crippen LogP contribution in [0.3, 0.4) is 0 Å². The number of benzene rings is 2. The van der Waals surface area contributed by atoms with Crippen LogP contribution in [0.5, 0.6) is 0 Å². The lowest BCUT2D eigenvalue weighted by Gasteiger charge is -2.30. The number of likely N-dealkylation sites (tertiary alicyclic amines) is 2.